The lowest BCUT2D eigenvalue weighted by Gasteiger charge is -2.26. The van der Waals surface area contributed by atoms with Crippen LogP contribution in [0.15, 0.2) is 24.3 Å². The SMILES string of the molecule is CCOC(CC)C(Cc1ccc(OC(F)(F)F)cc1)NC. The van der Waals surface area contributed by atoms with Gasteiger partial charge in [0.05, 0.1) is 6.10 Å². The lowest BCUT2D eigenvalue weighted by atomic mass is 9.99. The molecular formula is C15H22F3NO2. The molecule has 0 saturated carbocycles. The van der Waals surface area contributed by atoms with E-state index in [0.29, 0.717) is 13.0 Å². The summed E-state index contributed by atoms with van der Waals surface area (Å²) in [6.07, 6.45) is -3.03. The highest BCUT2D eigenvalue weighted by Crippen LogP contribution is 2.23. The fourth-order valence-corrected chi connectivity index (χ4v) is 2.23. The molecule has 0 aromatic heterocycles. The first-order chi connectivity index (χ1) is 9.89. The molecule has 0 aliphatic heterocycles. The molecule has 0 heterocycles. The van der Waals surface area contributed by atoms with Crippen LogP contribution in [0.25, 0.3) is 0 Å². The molecule has 1 aromatic rings. The van der Waals surface area contributed by atoms with Crippen molar-refractivity contribution >= 4 is 0 Å². The van der Waals surface area contributed by atoms with Gasteiger partial charge in [-0.1, -0.05) is 19.1 Å². The zero-order valence-electron chi connectivity index (χ0n) is 12.5. The molecule has 120 valence electrons. The maximum atomic E-state index is 12.1. The number of nitrogens with one attached hydrogen (secondary N) is 1. The van der Waals surface area contributed by atoms with Gasteiger partial charge in [-0.25, -0.2) is 0 Å². The van der Waals surface area contributed by atoms with E-state index >= 15 is 0 Å². The third-order valence-electron chi connectivity index (χ3n) is 3.22. The summed E-state index contributed by atoms with van der Waals surface area (Å²) in [7, 11) is 1.85. The monoisotopic (exact) mass is 305 g/mol. The number of ether oxygens (including phenoxy) is 2. The maximum Gasteiger partial charge on any atom is 0.573 e. The van der Waals surface area contributed by atoms with Crippen molar-refractivity contribution in [2.75, 3.05) is 13.7 Å². The first-order valence-electron chi connectivity index (χ1n) is 7.03. The molecule has 3 nitrogen and oxygen atoms in total. The minimum atomic E-state index is -4.66. The molecule has 2 atom stereocenters. The Morgan fingerprint density at radius 3 is 2.19 bits per heavy atom. The largest absolute Gasteiger partial charge is 0.573 e. The summed E-state index contributed by atoms with van der Waals surface area (Å²) >= 11 is 0. The number of alkyl halides is 3. The van der Waals surface area contributed by atoms with Crippen molar-refractivity contribution in [3.05, 3.63) is 29.8 Å². The fraction of sp³-hybridized carbons (Fsp3) is 0.600. The van der Waals surface area contributed by atoms with Gasteiger partial charge < -0.3 is 14.8 Å². The quantitative estimate of drug-likeness (QED) is 0.797. The Morgan fingerprint density at radius 2 is 1.76 bits per heavy atom. The van der Waals surface area contributed by atoms with Crippen molar-refractivity contribution in [2.45, 2.75) is 45.2 Å². The van der Waals surface area contributed by atoms with Crippen LogP contribution < -0.4 is 10.1 Å². The smallest absolute Gasteiger partial charge is 0.406 e. The number of hydrogen-bond donors (Lipinski definition) is 1. The van der Waals surface area contributed by atoms with Crippen LogP contribution >= 0.6 is 0 Å². The van der Waals surface area contributed by atoms with E-state index in [2.05, 4.69) is 10.1 Å². The Kier molecular flexibility index (Phi) is 6.98. The van der Waals surface area contributed by atoms with Crippen molar-refractivity contribution in [1.82, 2.24) is 5.32 Å². The van der Waals surface area contributed by atoms with Crippen LogP contribution in [0.1, 0.15) is 25.8 Å². The Morgan fingerprint density at radius 1 is 1.14 bits per heavy atom. The number of benzene rings is 1. The van der Waals surface area contributed by atoms with Crippen LogP contribution in [0.4, 0.5) is 13.2 Å². The third kappa shape index (κ3) is 6.35. The van der Waals surface area contributed by atoms with Crippen molar-refractivity contribution in [1.29, 1.82) is 0 Å². The van der Waals surface area contributed by atoms with Crippen LogP contribution in [0, 0.1) is 0 Å². The van der Waals surface area contributed by atoms with E-state index in [-0.39, 0.29) is 17.9 Å². The van der Waals surface area contributed by atoms with Crippen LogP contribution in [0.2, 0.25) is 0 Å². The first-order valence-corrected chi connectivity index (χ1v) is 7.03. The topological polar surface area (TPSA) is 30.5 Å². The normalized spacial score (nSPS) is 14.8. The molecule has 0 amide bonds. The van der Waals surface area contributed by atoms with E-state index in [4.69, 9.17) is 4.74 Å². The van der Waals surface area contributed by atoms with E-state index in [1.807, 2.05) is 20.9 Å². The van der Waals surface area contributed by atoms with Gasteiger partial charge in [-0.05, 0) is 44.5 Å². The van der Waals surface area contributed by atoms with Gasteiger partial charge in [-0.2, -0.15) is 0 Å². The summed E-state index contributed by atoms with van der Waals surface area (Å²) in [5, 5.41) is 3.20. The second-order valence-electron chi connectivity index (χ2n) is 4.69. The Labute approximate surface area is 123 Å². The maximum absolute atomic E-state index is 12.1. The van der Waals surface area contributed by atoms with Gasteiger partial charge in [-0.15, -0.1) is 13.2 Å². The van der Waals surface area contributed by atoms with Crippen molar-refractivity contribution < 1.29 is 22.6 Å². The van der Waals surface area contributed by atoms with E-state index in [0.717, 1.165) is 12.0 Å². The van der Waals surface area contributed by atoms with Gasteiger partial charge in [0.15, 0.2) is 0 Å². The second-order valence-corrected chi connectivity index (χ2v) is 4.69. The Balaban J connectivity index is 2.68. The van der Waals surface area contributed by atoms with Crippen LogP contribution in [-0.4, -0.2) is 32.2 Å². The molecule has 1 N–H and O–H groups in total. The summed E-state index contributed by atoms with van der Waals surface area (Å²) in [6, 6.07) is 6.06. The predicted octanol–water partition coefficient (Wildman–Crippen LogP) is 3.53. The highest BCUT2D eigenvalue weighted by atomic mass is 19.4. The Bertz CT molecular complexity index is 406. The molecule has 0 fully saturated rings. The molecule has 21 heavy (non-hydrogen) atoms. The molecule has 0 aliphatic carbocycles. The number of rotatable bonds is 8. The van der Waals surface area contributed by atoms with Gasteiger partial charge in [0.1, 0.15) is 5.75 Å². The van der Waals surface area contributed by atoms with Crippen molar-refractivity contribution in [2.24, 2.45) is 0 Å². The highest BCUT2D eigenvalue weighted by Gasteiger charge is 2.31. The second kappa shape index (κ2) is 8.24. The molecule has 1 rings (SSSR count). The summed E-state index contributed by atoms with van der Waals surface area (Å²) in [5.41, 5.74) is 0.932. The van der Waals surface area contributed by atoms with E-state index < -0.39 is 6.36 Å². The molecule has 0 radical (unpaired) electrons. The van der Waals surface area contributed by atoms with Gasteiger partial charge in [-0.3, -0.25) is 0 Å². The molecule has 0 spiro atoms. The summed E-state index contributed by atoms with van der Waals surface area (Å²) in [4.78, 5) is 0. The van der Waals surface area contributed by atoms with Gasteiger partial charge in [0, 0.05) is 12.6 Å². The third-order valence-corrected chi connectivity index (χ3v) is 3.22. The van der Waals surface area contributed by atoms with Crippen LogP contribution in [0.3, 0.4) is 0 Å². The molecular weight excluding hydrogens is 283 g/mol. The van der Waals surface area contributed by atoms with E-state index in [1.54, 1.807) is 12.1 Å². The minimum absolute atomic E-state index is 0.0751. The summed E-state index contributed by atoms with van der Waals surface area (Å²) in [6.45, 7) is 4.62. The van der Waals surface area contributed by atoms with E-state index in [9.17, 15) is 13.2 Å². The molecule has 1 aromatic carbocycles. The van der Waals surface area contributed by atoms with E-state index in [1.165, 1.54) is 12.1 Å². The number of halogens is 3. The van der Waals surface area contributed by atoms with Gasteiger partial charge in [0.2, 0.25) is 0 Å². The number of likely N-dealkylation sites (N-methyl/N-ethyl adjacent to an activating group) is 1. The van der Waals surface area contributed by atoms with Crippen LogP contribution in [-0.2, 0) is 11.2 Å². The lowest BCUT2D eigenvalue weighted by molar-refractivity contribution is -0.274. The lowest BCUT2D eigenvalue weighted by Crippen LogP contribution is -2.40. The summed E-state index contributed by atoms with van der Waals surface area (Å²) in [5.74, 6) is -0.205. The number of hydrogen-bond acceptors (Lipinski definition) is 3. The molecule has 0 aliphatic rings. The van der Waals surface area contributed by atoms with Crippen molar-refractivity contribution in [3.63, 3.8) is 0 Å². The average Bonchev–Trinajstić information content (AvgIpc) is 2.43. The van der Waals surface area contributed by atoms with Gasteiger partial charge in [0.25, 0.3) is 0 Å². The first kappa shape index (κ1) is 17.8. The molecule has 0 saturated heterocycles. The summed E-state index contributed by atoms with van der Waals surface area (Å²) < 4.78 is 45.8. The zero-order chi connectivity index (χ0) is 15.9. The minimum Gasteiger partial charge on any atom is -0.406 e. The molecule has 0 bridgehead atoms. The fourth-order valence-electron chi connectivity index (χ4n) is 2.23. The Hall–Kier alpha value is -1.27. The van der Waals surface area contributed by atoms with Crippen LogP contribution in [0.5, 0.6) is 5.75 Å². The highest BCUT2D eigenvalue weighted by molar-refractivity contribution is 5.28. The molecule has 6 heteroatoms. The average molecular weight is 305 g/mol. The van der Waals surface area contributed by atoms with Gasteiger partial charge >= 0.3 is 6.36 Å². The standard InChI is InChI=1S/C15H22F3NO2/c1-4-14(20-5-2)13(19-3)10-11-6-8-12(9-7-11)21-15(16,17)18/h6-9,13-14,19H,4-5,10H2,1-3H3. The predicted molar refractivity (Wildman–Crippen MR) is 75.4 cm³/mol. The molecule has 2 unspecified atom stereocenters. The van der Waals surface area contributed by atoms with Crippen molar-refractivity contribution in [3.8, 4) is 5.75 Å². The zero-order valence-corrected chi connectivity index (χ0v) is 12.5.